The molecule has 4 nitrogen and oxygen atoms in total. The fraction of sp³-hybridized carbons (Fsp3) is 0.812. The second-order valence-electron chi connectivity index (χ2n) is 14.2. The maximum atomic E-state index is 12.7. The SMILES string of the molecule is CC(=O)O[C@@H]1C[C@@]2(C)C3=C(CC[C@]2(C)[C@H]1[C@@H](CCC=C(C)C)C(=O)O)[C@@]1(C)CCCC(C)(C)[C@@H]1CC3. The summed E-state index contributed by atoms with van der Waals surface area (Å²) in [6, 6.07) is 0. The first-order valence-electron chi connectivity index (χ1n) is 14.4. The van der Waals surface area contributed by atoms with E-state index in [9.17, 15) is 14.7 Å². The molecule has 0 amide bonds. The second-order valence-corrected chi connectivity index (χ2v) is 14.2. The largest absolute Gasteiger partial charge is 0.481 e. The Morgan fingerprint density at radius 2 is 1.72 bits per heavy atom. The predicted octanol–water partition coefficient (Wildman–Crippen LogP) is 8.11. The lowest BCUT2D eigenvalue weighted by atomic mass is 9.43. The van der Waals surface area contributed by atoms with E-state index < -0.39 is 11.9 Å². The van der Waals surface area contributed by atoms with Crippen molar-refractivity contribution in [2.75, 3.05) is 0 Å². The van der Waals surface area contributed by atoms with Crippen molar-refractivity contribution in [2.45, 2.75) is 126 Å². The topological polar surface area (TPSA) is 63.6 Å². The minimum Gasteiger partial charge on any atom is -0.481 e. The van der Waals surface area contributed by atoms with Crippen LogP contribution in [0.4, 0.5) is 0 Å². The molecule has 0 aliphatic heterocycles. The summed E-state index contributed by atoms with van der Waals surface area (Å²) in [5, 5.41) is 10.5. The summed E-state index contributed by atoms with van der Waals surface area (Å²) < 4.78 is 6.01. The van der Waals surface area contributed by atoms with Gasteiger partial charge in [0.05, 0.1) is 5.92 Å². The van der Waals surface area contributed by atoms with E-state index in [4.69, 9.17) is 4.74 Å². The predicted molar refractivity (Wildman–Crippen MR) is 144 cm³/mol. The summed E-state index contributed by atoms with van der Waals surface area (Å²) in [4.78, 5) is 25.0. The molecule has 4 aliphatic carbocycles. The first kappa shape index (κ1) is 27.5. The number of carboxylic acids is 1. The average Bonchev–Trinajstić information content (AvgIpc) is 2.96. The van der Waals surface area contributed by atoms with Crippen molar-refractivity contribution in [2.24, 2.45) is 39.4 Å². The molecule has 0 aromatic heterocycles. The zero-order valence-electron chi connectivity index (χ0n) is 24.1. The van der Waals surface area contributed by atoms with E-state index in [1.807, 2.05) is 0 Å². The molecule has 0 spiro atoms. The van der Waals surface area contributed by atoms with Crippen molar-refractivity contribution in [3.63, 3.8) is 0 Å². The third-order valence-corrected chi connectivity index (χ3v) is 11.6. The van der Waals surface area contributed by atoms with Crippen LogP contribution in [0, 0.1) is 39.4 Å². The van der Waals surface area contributed by atoms with Crippen molar-refractivity contribution in [3.05, 3.63) is 22.8 Å². The number of carbonyl (C=O) groups excluding carboxylic acids is 1. The molecule has 7 atom stereocenters. The average molecular weight is 499 g/mol. The van der Waals surface area contributed by atoms with Gasteiger partial charge in [-0.2, -0.15) is 0 Å². The fourth-order valence-electron chi connectivity index (χ4n) is 9.90. The third-order valence-electron chi connectivity index (χ3n) is 11.6. The Bertz CT molecular complexity index is 969. The molecule has 0 bridgehead atoms. The van der Waals surface area contributed by atoms with Gasteiger partial charge in [-0.15, -0.1) is 0 Å². The van der Waals surface area contributed by atoms with Crippen molar-refractivity contribution in [1.29, 1.82) is 0 Å². The number of hydrogen-bond acceptors (Lipinski definition) is 3. The van der Waals surface area contributed by atoms with E-state index in [0.717, 1.165) is 32.1 Å². The molecular formula is C32H50O4. The van der Waals surface area contributed by atoms with Gasteiger partial charge in [0.25, 0.3) is 0 Å². The molecule has 4 rings (SSSR count). The fourth-order valence-corrected chi connectivity index (χ4v) is 9.90. The van der Waals surface area contributed by atoms with Crippen LogP contribution in [-0.2, 0) is 14.3 Å². The van der Waals surface area contributed by atoms with Gasteiger partial charge < -0.3 is 9.84 Å². The Morgan fingerprint density at radius 1 is 1.03 bits per heavy atom. The number of hydrogen-bond donors (Lipinski definition) is 1. The van der Waals surface area contributed by atoms with Gasteiger partial charge in [0.1, 0.15) is 6.10 Å². The Hall–Kier alpha value is -1.58. The van der Waals surface area contributed by atoms with Gasteiger partial charge in [0.15, 0.2) is 0 Å². The second kappa shape index (κ2) is 9.31. The Kier molecular flexibility index (Phi) is 7.10. The lowest BCUT2D eigenvalue weighted by Crippen LogP contribution is -2.52. The standard InChI is InChI=1S/C32H50O4/c1-20(2)11-9-12-22(28(34)35)27-25(36-21(3)33)19-32(8)24-13-14-26-29(4,5)16-10-17-30(26,6)23(24)15-18-31(27,32)7/h11,22,25-27H,9-10,12-19H2,1-8H3,(H,34,35)/t22-,25-,26+,27+,30-,31-,32+/m1/s1. The molecule has 0 heterocycles. The van der Waals surface area contributed by atoms with E-state index in [-0.39, 0.29) is 34.2 Å². The zero-order chi connectivity index (χ0) is 26.7. The molecule has 0 saturated heterocycles. The van der Waals surface area contributed by atoms with Crippen LogP contribution in [0.3, 0.4) is 0 Å². The number of carboxylic acid groups (broad SMARTS) is 1. The maximum absolute atomic E-state index is 12.7. The van der Waals surface area contributed by atoms with Crippen molar-refractivity contribution < 1.29 is 19.4 Å². The van der Waals surface area contributed by atoms with Crippen molar-refractivity contribution >= 4 is 11.9 Å². The minimum atomic E-state index is -0.741. The van der Waals surface area contributed by atoms with Gasteiger partial charge in [0.2, 0.25) is 0 Å². The van der Waals surface area contributed by atoms with E-state index in [1.54, 1.807) is 11.1 Å². The molecule has 2 saturated carbocycles. The van der Waals surface area contributed by atoms with Crippen LogP contribution >= 0.6 is 0 Å². The molecule has 0 unspecified atom stereocenters. The number of rotatable bonds is 6. The van der Waals surface area contributed by atoms with Gasteiger partial charge in [-0.3, -0.25) is 9.59 Å². The molecule has 0 aromatic carbocycles. The summed E-state index contributed by atoms with van der Waals surface area (Å²) >= 11 is 0. The lowest BCUT2D eigenvalue weighted by molar-refractivity contribution is -0.158. The zero-order valence-corrected chi connectivity index (χ0v) is 24.1. The van der Waals surface area contributed by atoms with Crippen LogP contribution in [0.2, 0.25) is 0 Å². The van der Waals surface area contributed by atoms with Gasteiger partial charge in [-0.05, 0) is 99.2 Å². The van der Waals surface area contributed by atoms with E-state index in [0.29, 0.717) is 17.8 Å². The molecule has 4 heteroatoms. The number of allylic oxidation sites excluding steroid dienone is 4. The number of aliphatic carboxylic acids is 1. The van der Waals surface area contributed by atoms with E-state index >= 15 is 0 Å². The molecule has 36 heavy (non-hydrogen) atoms. The molecule has 0 radical (unpaired) electrons. The van der Waals surface area contributed by atoms with Crippen molar-refractivity contribution in [3.8, 4) is 0 Å². The summed E-state index contributed by atoms with van der Waals surface area (Å²) in [5.74, 6) is -1.00. The van der Waals surface area contributed by atoms with Gasteiger partial charge in [-0.1, -0.05) is 63.8 Å². The normalized spacial score (nSPS) is 39.9. The summed E-state index contributed by atoms with van der Waals surface area (Å²) in [5.41, 5.74) is 4.77. The lowest BCUT2D eigenvalue weighted by Gasteiger charge is -2.61. The Labute approximate surface area is 219 Å². The molecular weight excluding hydrogens is 448 g/mol. The van der Waals surface area contributed by atoms with Crippen LogP contribution in [0.15, 0.2) is 22.8 Å². The highest BCUT2D eigenvalue weighted by atomic mass is 16.5. The summed E-state index contributed by atoms with van der Waals surface area (Å²) in [6.45, 7) is 17.8. The van der Waals surface area contributed by atoms with Gasteiger partial charge in [-0.25, -0.2) is 0 Å². The summed E-state index contributed by atoms with van der Waals surface area (Å²) in [7, 11) is 0. The molecule has 2 fully saturated rings. The first-order valence-corrected chi connectivity index (χ1v) is 14.4. The Morgan fingerprint density at radius 3 is 2.33 bits per heavy atom. The quantitative estimate of drug-likeness (QED) is 0.297. The number of esters is 1. The molecule has 0 aromatic rings. The monoisotopic (exact) mass is 498 g/mol. The van der Waals surface area contributed by atoms with Crippen LogP contribution in [0.5, 0.6) is 0 Å². The summed E-state index contributed by atoms with van der Waals surface area (Å²) in [6.07, 6.45) is 12.1. The van der Waals surface area contributed by atoms with Gasteiger partial charge in [0, 0.05) is 12.8 Å². The van der Waals surface area contributed by atoms with Crippen LogP contribution < -0.4 is 0 Å². The van der Waals surface area contributed by atoms with Gasteiger partial charge >= 0.3 is 11.9 Å². The smallest absolute Gasteiger partial charge is 0.306 e. The van der Waals surface area contributed by atoms with E-state index in [1.165, 1.54) is 38.2 Å². The van der Waals surface area contributed by atoms with Crippen LogP contribution in [-0.4, -0.2) is 23.1 Å². The van der Waals surface area contributed by atoms with E-state index in [2.05, 4.69) is 54.5 Å². The molecule has 1 N–H and O–H groups in total. The highest BCUT2D eigenvalue weighted by Gasteiger charge is 2.67. The Balaban J connectivity index is 1.79. The third kappa shape index (κ3) is 4.19. The maximum Gasteiger partial charge on any atom is 0.306 e. The number of fused-ring (bicyclic) bond motifs is 4. The number of ether oxygens (including phenoxy) is 1. The highest BCUT2D eigenvalue weighted by molar-refractivity contribution is 5.71. The molecule has 4 aliphatic rings. The van der Waals surface area contributed by atoms with Crippen LogP contribution in [0.1, 0.15) is 120 Å². The number of carbonyl (C=O) groups is 2. The minimum absolute atomic E-state index is 0.134. The highest BCUT2D eigenvalue weighted by Crippen LogP contribution is 2.72. The van der Waals surface area contributed by atoms with Crippen LogP contribution in [0.25, 0.3) is 0 Å². The molecule has 202 valence electrons. The van der Waals surface area contributed by atoms with Crippen molar-refractivity contribution in [1.82, 2.24) is 0 Å². The first-order chi connectivity index (χ1) is 16.7.